The maximum atomic E-state index is 13.0. The van der Waals surface area contributed by atoms with Crippen LogP contribution >= 0.6 is 15.9 Å². The molecule has 88 valence electrons. The van der Waals surface area contributed by atoms with Gasteiger partial charge in [-0.2, -0.15) is 0 Å². The first kappa shape index (κ1) is 11.9. The maximum absolute atomic E-state index is 13.0. The van der Waals surface area contributed by atoms with Crippen molar-refractivity contribution in [2.24, 2.45) is 0 Å². The van der Waals surface area contributed by atoms with Crippen molar-refractivity contribution >= 4 is 27.5 Å². The molecule has 3 nitrogen and oxygen atoms in total. The number of carbonyl (C=O) groups excluding carboxylic acids is 1. The molecule has 0 saturated carbocycles. The average Bonchev–Trinajstić information content (AvgIpc) is 2.70. The van der Waals surface area contributed by atoms with Crippen molar-refractivity contribution < 1.29 is 13.6 Å². The lowest BCUT2D eigenvalue weighted by Gasteiger charge is -2.05. The number of furan rings is 1. The summed E-state index contributed by atoms with van der Waals surface area (Å²) in [6.07, 6.45) is 1.45. The number of aryl methyl sites for hydroxylation is 1. The van der Waals surface area contributed by atoms with Crippen LogP contribution < -0.4 is 5.32 Å². The third-order valence-electron chi connectivity index (χ3n) is 2.28. The standard InChI is InChI=1S/C12H9BrFNO2/c1-7-9(4-5-17-7)12(16)15-8-2-3-11(14)10(13)6-8/h2-6H,1H3,(H,15,16). The van der Waals surface area contributed by atoms with Crippen LogP contribution in [0.4, 0.5) is 10.1 Å². The summed E-state index contributed by atoms with van der Waals surface area (Å²) in [6.45, 7) is 1.70. The predicted octanol–water partition coefficient (Wildman–Crippen LogP) is 3.74. The van der Waals surface area contributed by atoms with Crippen molar-refractivity contribution in [1.82, 2.24) is 0 Å². The van der Waals surface area contributed by atoms with Gasteiger partial charge in [-0.15, -0.1) is 0 Å². The van der Waals surface area contributed by atoms with E-state index in [9.17, 15) is 9.18 Å². The number of halogens is 2. The van der Waals surface area contributed by atoms with Gasteiger partial charge < -0.3 is 9.73 Å². The third-order valence-corrected chi connectivity index (χ3v) is 2.89. The lowest BCUT2D eigenvalue weighted by Crippen LogP contribution is -2.12. The Bertz CT molecular complexity index is 565. The summed E-state index contributed by atoms with van der Waals surface area (Å²) in [5, 5.41) is 2.66. The minimum Gasteiger partial charge on any atom is -0.469 e. The van der Waals surface area contributed by atoms with Gasteiger partial charge in [0.25, 0.3) is 5.91 Å². The zero-order chi connectivity index (χ0) is 12.4. The topological polar surface area (TPSA) is 42.2 Å². The van der Waals surface area contributed by atoms with Crippen molar-refractivity contribution in [3.05, 3.63) is 52.1 Å². The van der Waals surface area contributed by atoms with Crippen LogP contribution in [0, 0.1) is 12.7 Å². The second-order valence-electron chi connectivity index (χ2n) is 3.47. The number of rotatable bonds is 2. The predicted molar refractivity (Wildman–Crippen MR) is 65.5 cm³/mol. The van der Waals surface area contributed by atoms with E-state index >= 15 is 0 Å². The highest BCUT2D eigenvalue weighted by Gasteiger charge is 2.12. The highest BCUT2D eigenvalue weighted by molar-refractivity contribution is 9.10. The van der Waals surface area contributed by atoms with E-state index in [1.165, 1.54) is 24.5 Å². The summed E-state index contributed by atoms with van der Waals surface area (Å²) in [4.78, 5) is 11.8. The van der Waals surface area contributed by atoms with Crippen LogP contribution in [0.1, 0.15) is 16.1 Å². The van der Waals surface area contributed by atoms with Crippen molar-refractivity contribution in [3.63, 3.8) is 0 Å². The quantitative estimate of drug-likeness (QED) is 0.917. The first-order chi connectivity index (χ1) is 8.08. The largest absolute Gasteiger partial charge is 0.469 e. The molecule has 1 aromatic carbocycles. The molecule has 0 aliphatic rings. The van der Waals surface area contributed by atoms with E-state index in [1.54, 1.807) is 13.0 Å². The van der Waals surface area contributed by atoms with Gasteiger partial charge in [0.15, 0.2) is 0 Å². The van der Waals surface area contributed by atoms with Gasteiger partial charge in [0.1, 0.15) is 11.6 Å². The maximum Gasteiger partial charge on any atom is 0.259 e. The zero-order valence-electron chi connectivity index (χ0n) is 8.96. The van der Waals surface area contributed by atoms with E-state index in [1.807, 2.05) is 0 Å². The highest BCUT2D eigenvalue weighted by atomic mass is 79.9. The van der Waals surface area contributed by atoms with Gasteiger partial charge in [-0.3, -0.25) is 4.79 Å². The van der Waals surface area contributed by atoms with Crippen LogP contribution in [0.25, 0.3) is 0 Å². The van der Waals surface area contributed by atoms with Gasteiger partial charge in [0.05, 0.1) is 16.3 Å². The van der Waals surface area contributed by atoms with Gasteiger partial charge in [0, 0.05) is 5.69 Å². The molecule has 0 saturated heterocycles. The number of hydrogen-bond acceptors (Lipinski definition) is 2. The molecule has 0 aliphatic heterocycles. The molecule has 0 aliphatic carbocycles. The van der Waals surface area contributed by atoms with Gasteiger partial charge in [-0.25, -0.2) is 4.39 Å². The Hall–Kier alpha value is -1.62. The van der Waals surface area contributed by atoms with E-state index in [-0.39, 0.29) is 11.7 Å². The van der Waals surface area contributed by atoms with E-state index in [2.05, 4.69) is 21.2 Å². The molecular formula is C12H9BrFNO2. The van der Waals surface area contributed by atoms with Crippen LogP contribution in [-0.4, -0.2) is 5.91 Å². The molecule has 2 rings (SSSR count). The second kappa shape index (κ2) is 4.71. The number of anilines is 1. The van der Waals surface area contributed by atoms with Gasteiger partial charge in [0.2, 0.25) is 0 Å². The van der Waals surface area contributed by atoms with Crippen LogP contribution in [0.15, 0.2) is 39.4 Å². The van der Waals surface area contributed by atoms with Crippen LogP contribution in [0.2, 0.25) is 0 Å². The molecule has 0 spiro atoms. The first-order valence-electron chi connectivity index (χ1n) is 4.88. The molecule has 0 radical (unpaired) electrons. The molecular weight excluding hydrogens is 289 g/mol. The first-order valence-corrected chi connectivity index (χ1v) is 5.67. The summed E-state index contributed by atoms with van der Waals surface area (Å²) < 4.78 is 18.3. The lowest BCUT2D eigenvalue weighted by atomic mass is 10.2. The van der Waals surface area contributed by atoms with Crippen LogP contribution in [0.3, 0.4) is 0 Å². The fraction of sp³-hybridized carbons (Fsp3) is 0.0833. The molecule has 1 aromatic heterocycles. The molecule has 0 fully saturated rings. The summed E-state index contributed by atoms with van der Waals surface area (Å²) in [5.74, 6) is -0.110. The minimum absolute atomic E-state index is 0.283. The fourth-order valence-electron chi connectivity index (χ4n) is 1.39. The Labute approximate surface area is 106 Å². The number of amides is 1. The summed E-state index contributed by atoms with van der Waals surface area (Å²) in [7, 11) is 0. The number of hydrogen-bond donors (Lipinski definition) is 1. The Kier molecular flexibility index (Phi) is 3.28. The van der Waals surface area contributed by atoms with E-state index in [0.29, 0.717) is 21.5 Å². The minimum atomic E-state index is -0.373. The molecule has 1 heterocycles. The summed E-state index contributed by atoms with van der Waals surface area (Å²) in [5.41, 5.74) is 0.981. The van der Waals surface area contributed by atoms with Gasteiger partial charge in [-0.05, 0) is 47.1 Å². The molecule has 0 atom stereocenters. The second-order valence-corrected chi connectivity index (χ2v) is 4.33. The lowest BCUT2D eigenvalue weighted by molar-refractivity contribution is 0.102. The third kappa shape index (κ3) is 2.55. The normalized spacial score (nSPS) is 10.3. The van der Waals surface area contributed by atoms with E-state index in [0.717, 1.165) is 0 Å². The smallest absolute Gasteiger partial charge is 0.259 e. The Morgan fingerprint density at radius 1 is 1.41 bits per heavy atom. The van der Waals surface area contributed by atoms with Crippen molar-refractivity contribution in [2.75, 3.05) is 5.32 Å². The van der Waals surface area contributed by atoms with E-state index < -0.39 is 0 Å². The van der Waals surface area contributed by atoms with Crippen molar-refractivity contribution in [1.29, 1.82) is 0 Å². The summed E-state index contributed by atoms with van der Waals surface area (Å²) in [6, 6.07) is 5.86. The van der Waals surface area contributed by atoms with Crippen molar-refractivity contribution in [2.45, 2.75) is 6.92 Å². The van der Waals surface area contributed by atoms with E-state index in [4.69, 9.17) is 4.42 Å². The van der Waals surface area contributed by atoms with Gasteiger partial charge >= 0.3 is 0 Å². The van der Waals surface area contributed by atoms with Crippen molar-refractivity contribution in [3.8, 4) is 0 Å². The molecule has 5 heteroatoms. The Balaban J connectivity index is 2.19. The summed E-state index contributed by atoms with van der Waals surface area (Å²) >= 11 is 3.05. The monoisotopic (exact) mass is 297 g/mol. The van der Waals surface area contributed by atoms with Crippen LogP contribution in [0.5, 0.6) is 0 Å². The molecule has 1 N–H and O–H groups in total. The average molecular weight is 298 g/mol. The molecule has 0 bridgehead atoms. The number of carbonyl (C=O) groups is 1. The molecule has 2 aromatic rings. The highest BCUT2D eigenvalue weighted by Crippen LogP contribution is 2.21. The number of benzene rings is 1. The molecule has 1 amide bonds. The Morgan fingerprint density at radius 3 is 2.76 bits per heavy atom. The molecule has 17 heavy (non-hydrogen) atoms. The SMILES string of the molecule is Cc1occc1C(=O)Nc1ccc(F)c(Br)c1. The fourth-order valence-corrected chi connectivity index (χ4v) is 1.77. The zero-order valence-corrected chi connectivity index (χ0v) is 10.5. The number of nitrogens with one attached hydrogen (secondary N) is 1. The molecule has 0 unspecified atom stereocenters. The van der Waals surface area contributed by atoms with Gasteiger partial charge in [-0.1, -0.05) is 0 Å². The Morgan fingerprint density at radius 2 is 2.18 bits per heavy atom. The van der Waals surface area contributed by atoms with Crippen LogP contribution in [-0.2, 0) is 0 Å².